The number of methoxy groups -OCH3 is 1. The van der Waals surface area contributed by atoms with Gasteiger partial charge in [-0.25, -0.2) is 0 Å². The molecule has 3 nitrogen and oxygen atoms in total. The van der Waals surface area contributed by atoms with Crippen LogP contribution in [0.15, 0.2) is 18.2 Å². The average Bonchev–Trinajstić information content (AvgIpc) is 2.51. The summed E-state index contributed by atoms with van der Waals surface area (Å²) in [6.45, 7) is 5.24. The second-order valence-corrected chi connectivity index (χ2v) is 6.11. The second kappa shape index (κ2) is 6.15. The third-order valence-corrected chi connectivity index (χ3v) is 5.17. The van der Waals surface area contributed by atoms with Gasteiger partial charge < -0.3 is 10.5 Å². The lowest BCUT2D eigenvalue weighted by molar-refractivity contribution is 0.0689. The number of nitrogens with two attached hydrogens (primary N) is 1. The summed E-state index contributed by atoms with van der Waals surface area (Å²) in [4.78, 5) is 2.50. The van der Waals surface area contributed by atoms with Crippen molar-refractivity contribution >= 4 is 0 Å². The maximum absolute atomic E-state index is 6.19. The molecule has 1 aromatic carbocycles. The normalized spacial score (nSPS) is 23.5. The van der Waals surface area contributed by atoms with Crippen LogP contribution in [0.1, 0.15) is 37.8 Å². The van der Waals surface area contributed by atoms with E-state index in [9.17, 15) is 0 Å². The van der Waals surface area contributed by atoms with E-state index in [0.29, 0.717) is 12.6 Å². The minimum atomic E-state index is 0.0921. The van der Waals surface area contributed by atoms with Crippen LogP contribution in [0.2, 0.25) is 0 Å². The molecule has 0 saturated carbocycles. The van der Waals surface area contributed by atoms with Gasteiger partial charge in [-0.05, 0) is 62.9 Å². The van der Waals surface area contributed by atoms with Gasteiger partial charge in [-0.1, -0.05) is 13.0 Å². The summed E-state index contributed by atoms with van der Waals surface area (Å²) in [5, 5.41) is 0. The third-order valence-electron chi connectivity index (χ3n) is 5.17. The summed E-state index contributed by atoms with van der Waals surface area (Å²) in [7, 11) is 3.96. The number of likely N-dealkylation sites (N-methyl/N-ethyl adjacent to an activating group) is 1. The molecule has 0 bridgehead atoms. The van der Waals surface area contributed by atoms with E-state index in [1.807, 2.05) is 0 Å². The molecule has 2 unspecified atom stereocenters. The average molecular weight is 276 g/mol. The Hall–Kier alpha value is -1.06. The molecule has 2 N–H and O–H groups in total. The highest BCUT2D eigenvalue weighted by molar-refractivity contribution is 5.39. The van der Waals surface area contributed by atoms with Crippen LogP contribution in [-0.4, -0.2) is 37.2 Å². The van der Waals surface area contributed by atoms with Crippen LogP contribution in [0, 0.1) is 0 Å². The fourth-order valence-corrected chi connectivity index (χ4v) is 3.31. The molecule has 0 aromatic heterocycles. The quantitative estimate of drug-likeness (QED) is 0.898. The highest BCUT2D eigenvalue weighted by atomic mass is 16.5. The third kappa shape index (κ3) is 2.70. The molecule has 0 radical (unpaired) electrons. The molecule has 0 fully saturated rings. The number of ether oxygens (including phenoxy) is 1. The zero-order valence-corrected chi connectivity index (χ0v) is 13.3. The zero-order chi connectivity index (χ0) is 14.8. The van der Waals surface area contributed by atoms with Crippen LogP contribution >= 0.6 is 0 Å². The van der Waals surface area contributed by atoms with E-state index in [-0.39, 0.29) is 5.54 Å². The number of rotatable bonds is 5. The fraction of sp³-hybridized carbons (Fsp3) is 0.647. The predicted octanol–water partition coefficient (Wildman–Crippen LogP) is 2.61. The highest BCUT2D eigenvalue weighted by Gasteiger charge is 2.38. The van der Waals surface area contributed by atoms with Crippen LogP contribution in [0.25, 0.3) is 0 Å². The zero-order valence-electron chi connectivity index (χ0n) is 13.3. The van der Waals surface area contributed by atoms with Gasteiger partial charge in [0.25, 0.3) is 0 Å². The summed E-state index contributed by atoms with van der Waals surface area (Å²) in [5.41, 5.74) is 9.13. The topological polar surface area (TPSA) is 38.5 Å². The van der Waals surface area contributed by atoms with Crippen LogP contribution in [0.4, 0.5) is 0 Å². The molecular formula is C17H28N2O. The molecule has 2 atom stereocenters. The number of benzene rings is 1. The molecule has 1 aromatic rings. The lowest BCUT2D eigenvalue weighted by atomic mass is 9.76. The lowest BCUT2D eigenvalue weighted by Gasteiger charge is -2.47. The van der Waals surface area contributed by atoms with E-state index < -0.39 is 0 Å². The minimum Gasteiger partial charge on any atom is -0.497 e. The van der Waals surface area contributed by atoms with Crippen molar-refractivity contribution in [2.24, 2.45) is 5.73 Å². The molecule has 0 aliphatic heterocycles. The molecule has 1 aliphatic rings. The molecular weight excluding hydrogens is 248 g/mol. The summed E-state index contributed by atoms with van der Waals surface area (Å²) in [5.74, 6) is 0.947. The van der Waals surface area contributed by atoms with Crippen molar-refractivity contribution < 1.29 is 4.74 Å². The van der Waals surface area contributed by atoms with Crippen molar-refractivity contribution in [2.45, 2.75) is 51.1 Å². The number of nitrogens with zero attached hydrogens (tertiary/aromatic N) is 1. The van der Waals surface area contributed by atoms with E-state index >= 15 is 0 Å². The van der Waals surface area contributed by atoms with Gasteiger partial charge in [0.15, 0.2) is 0 Å². The first-order valence-corrected chi connectivity index (χ1v) is 7.65. The molecule has 3 heteroatoms. The Kier molecular flexibility index (Phi) is 4.71. The SMILES string of the molecule is CCC(C)N(C)C1(CN)CCc2ccc(OC)cc2C1. The molecule has 112 valence electrons. The molecule has 0 amide bonds. The largest absolute Gasteiger partial charge is 0.497 e. The van der Waals surface area contributed by atoms with Crippen LogP contribution < -0.4 is 10.5 Å². The Morgan fingerprint density at radius 1 is 1.40 bits per heavy atom. The van der Waals surface area contributed by atoms with Gasteiger partial charge in [-0.15, -0.1) is 0 Å². The van der Waals surface area contributed by atoms with Crippen molar-refractivity contribution in [1.82, 2.24) is 4.90 Å². The Morgan fingerprint density at radius 2 is 2.15 bits per heavy atom. The molecule has 20 heavy (non-hydrogen) atoms. The van der Waals surface area contributed by atoms with Crippen molar-refractivity contribution in [3.63, 3.8) is 0 Å². The minimum absolute atomic E-state index is 0.0921. The monoisotopic (exact) mass is 276 g/mol. The molecule has 0 heterocycles. The van der Waals surface area contributed by atoms with Gasteiger partial charge in [0.1, 0.15) is 5.75 Å². The van der Waals surface area contributed by atoms with Gasteiger partial charge in [-0.2, -0.15) is 0 Å². The van der Waals surface area contributed by atoms with E-state index in [0.717, 1.165) is 31.4 Å². The van der Waals surface area contributed by atoms with Gasteiger partial charge in [0.2, 0.25) is 0 Å². The van der Waals surface area contributed by atoms with E-state index in [4.69, 9.17) is 10.5 Å². The molecule has 0 spiro atoms. The first-order valence-electron chi connectivity index (χ1n) is 7.65. The van der Waals surface area contributed by atoms with Gasteiger partial charge in [0.05, 0.1) is 7.11 Å². The highest BCUT2D eigenvalue weighted by Crippen LogP contribution is 2.35. The van der Waals surface area contributed by atoms with Crippen molar-refractivity contribution in [2.75, 3.05) is 20.7 Å². The maximum Gasteiger partial charge on any atom is 0.119 e. The molecule has 2 rings (SSSR count). The number of hydrogen-bond donors (Lipinski definition) is 1. The second-order valence-electron chi connectivity index (χ2n) is 6.11. The smallest absolute Gasteiger partial charge is 0.119 e. The van der Waals surface area contributed by atoms with E-state index in [2.05, 4.69) is 44.0 Å². The Morgan fingerprint density at radius 3 is 2.75 bits per heavy atom. The van der Waals surface area contributed by atoms with Gasteiger partial charge >= 0.3 is 0 Å². The lowest BCUT2D eigenvalue weighted by Crippen LogP contribution is -2.58. The Labute approximate surface area is 123 Å². The van der Waals surface area contributed by atoms with Crippen LogP contribution in [0.5, 0.6) is 5.75 Å². The molecule has 0 saturated heterocycles. The van der Waals surface area contributed by atoms with Crippen molar-refractivity contribution in [3.8, 4) is 5.75 Å². The van der Waals surface area contributed by atoms with Crippen LogP contribution in [0.3, 0.4) is 0 Å². The van der Waals surface area contributed by atoms with Crippen molar-refractivity contribution in [1.29, 1.82) is 0 Å². The first kappa shape index (κ1) is 15.3. The maximum atomic E-state index is 6.19. The van der Waals surface area contributed by atoms with E-state index in [1.54, 1.807) is 7.11 Å². The first-order chi connectivity index (χ1) is 9.56. The summed E-state index contributed by atoms with van der Waals surface area (Å²) in [6, 6.07) is 7.01. The molecule has 1 aliphatic carbocycles. The number of aryl methyl sites for hydroxylation is 1. The summed E-state index contributed by atoms with van der Waals surface area (Å²) in [6.07, 6.45) is 4.43. The Bertz CT molecular complexity index is 460. The number of fused-ring (bicyclic) bond motifs is 1. The van der Waals surface area contributed by atoms with Gasteiger partial charge in [0, 0.05) is 18.1 Å². The van der Waals surface area contributed by atoms with Crippen molar-refractivity contribution in [3.05, 3.63) is 29.3 Å². The standard InChI is InChI=1S/C17H28N2O/c1-5-13(2)19(3)17(12-18)9-8-14-6-7-16(20-4)10-15(14)11-17/h6-7,10,13H,5,8-9,11-12,18H2,1-4H3. The van der Waals surface area contributed by atoms with E-state index in [1.165, 1.54) is 11.1 Å². The summed E-state index contributed by atoms with van der Waals surface area (Å²) < 4.78 is 5.37. The van der Waals surface area contributed by atoms with Crippen LogP contribution in [-0.2, 0) is 12.8 Å². The van der Waals surface area contributed by atoms with Gasteiger partial charge in [-0.3, -0.25) is 4.90 Å². The fourth-order valence-electron chi connectivity index (χ4n) is 3.31. The predicted molar refractivity (Wildman–Crippen MR) is 84.3 cm³/mol. The summed E-state index contributed by atoms with van der Waals surface area (Å²) >= 11 is 0. The number of hydrogen-bond acceptors (Lipinski definition) is 3. The Balaban J connectivity index is 2.30.